The second kappa shape index (κ2) is 13.8. The first-order valence-corrected chi connectivity index (χ1v) is 15.1. The van der Waals surface area contributed by atoms with E-state index in [0.29, 0.717) is 26.6 Å². The van der Waals surface area contributed by atoms with Crippen LogP contribution < -0.4 is 19.2 Å². The first kappa shape index (κ1) is 31.0. The third kappa shape index (κ3) is 7.67. The Morgan fingerprint density at radius 1 is 1.07 bits per heavy atom. The monoisotopic (exact) mass is 673 g/mol. The van der Waals surface area contributed by atoms with Crippen molar-refractivity contribution in [1.29, 1.82) is 0 Å². The van der Waals surface area contributed by atoms with E-state index in [1.165, 1.54) is 37.6 Å². The summed E-state index contributed by atoms with van der Waals surface area (Å²) in [6.07, 6.45) is 1.37. The summed E-state index contributed by atoms with van der Waals surface area (Å²) in [5, 5.41) is 4.56. The van der Waals surface area contributed by atoms with Crippen LogP contribution in [0.25, 0.3) is 0 Å². The van der Waals surface area contributed by atoms with Crippen molar-refractivity contribution in [2.45, 2.75) is 18.4 Å². The van der Waals surface area contributed by atoms with E-state index in [9.17, 15) is 17.6 Å². The highest BCUT2D eigenvalue weighted by atomic mass is 79.9. The van der Waals surface area contributed by atoms with Crippen LogP contribution in [-0.2, 0) is 21.4 Å². The number of hydrazone groups is 1. The largest absolute Gasteiger partial charge is 0.493 e. The minimum atomic E-state index is -4.15. The normalized spacial score (nSPS) is 11.4. The van der Waals surface area contributed by atoms with Crippen LogP contribution in [-0.4, -0.2) is 34.2 Å². The Morgan fingerprint density at radius 2 is 1.76 bits per heavy atom. The molecule has 0 unspecified atom stereocenters. The van der Waals surface area contributed by atoms with Crippen LogP contribution in [0.2, 0.25) is 5.02 Å². The van der Waals surface area contributed by atoms with Gasteiger partial charge in [-0.25, -0.2) is 18.2 Å². The van der Waals surface area contributed by atoms with Gasteiger partial charge in [-0.05, 0) is 83.0 Å². The van der Waals surface area contributed by atoms with Gasteiger partial charge in [0.15, 0.2) is 11.5 Å². The first-order chi connectivity index (χ1) is 20.1. The summed E-state index contributed by atoms with van der Waals surface area (Å²) in [5.74, 6) is -0.384. The van der Waals surface area contributed by atoms with Gasteiger partial charge in [0.1, 0.15) is 19.0 Å². The number of benzene rings is 4. The van der Waals surface area contributed by atoms with E-state index in [-0.39, 0.29) is 17.2 Å². The Labute approximate surface area is 256 Å². The maximum Gasteiger partial charge on any atom is 0.264 e. The van der Waals surface area contributed by atoms with Crippen LogP contribution in [0.4, 0.5) is 10.1 Å². The number of carbonyl (C=O) groups excluding carboxylic acids is 1. The molecule has 0 atom stereocenters. The minimum Gasteiger partial charge on any atom is -0.493 e. The van der Waals surface area contributed by atoms with Crippen LogP contribution in [0, 0.1) is 12.7 Å². The topological polar surface area (TPSA) is 97.3 Å². The molecule has 0 aliphatic heterocycles. The highest BCUT2D eigenvalue weighted by Gasteiger charge is 2.27. The minimum absolute atomic E-state index is 0.0116. The Bertz CT molecular complexity index is 1700. The van der Waals surface area contributed by atoms with E-state index >= 15 is 0 Å². The summed E-state index contributed by atoms with van der Waals surface area (Å²) in [6.45, 7) is 1.45. The molecule has 0 spiro atoms. The van der Waals surface area contributed by atoms with E-state index < -0.39 is 28.3 Å². The molecule has 0 fully saturated rings. The van der Waals surface area contributed by atoms with Gasteiger partial charge in [0, 0.05) is 10.6 Å². The van der Waals surface area contributed by atoms with Gasteiger partial charge in [-0.2, -0.15) is 5.10 Å². The van der Waals surface area contributed by atoms with Crippen LogP contribution >= 0.6 is 27.5 Å². The fourth-order valence-corrected chi connectivity index (χ4v) is 6.01. The number of nitrogens with zero attached hydrogens (tertiary/aromatic N) is 2. The average molecular weight is 675 g/mol. The summed E-state index contributed by atoms with van der Waals surface area (Å²) >= 11 is 9.70. The smallest absolute Gasteiger partial charge is 0.264 e. The molecule has 0 radical (unpaired) electrons. The van der Waals surface area contributed by atoms with E-state index in [4.69, 9.17) is 21.1 Å². The lowest BCUT2D eigenvalue weighted by molar-refractivity contribution is -0.119. The van der Waals surface area contributed by atoms with Gasteiger partial charge in [-0.15, -0.1) is 0 Å². The van der Waals surface area contributed by atoms with Gasteiger partial charge >= 0.3 is 0 Å². The fraction of sp³-hybridized carbons (Fsp3) is 0.133. The van der Waals surface area contributed by atoms with Gasteiger partial charge in [-0.1, -0.05) is 47.5 Å². The van der Waals surface area contributed by atoms with Crippen LogP contribution in [0.5, 0.6) is 11.5 Å². The lowest BCUT2D eigenvalue weighted by atomic mass is 10.2. The molecule has 12 heteroatoms. The number of sulfonamides is 1. The zero-order valence-corrected chi connectivity index (χ0v) is 25.7. The van der Waals surface area contributed by atoms with Crippen molar-refractivity contribution < 1.29 is 27.1 Å². The molecule has 8 nitrogen and oxygen atoms in total. The van der Waals surface area contributed by atoms with Gasteiger partial charge in [-0.3, -0.25) is 9.10 Å². The van der Waals surface area contributed by atoms with Crippen molar-refractivity contribution in [3.05, 3.63) is 117 Å². The molecule has 1 N–H and O–H groups in total. The van der Waals surface area contributed by atoms with E-state index in [2.05, 4.69) is 26.5 Å². The van der Waals surface area contributed by atoms with Crippen LogP contribution in [0.15, 0.2) is 99.4 Å². The maximum atomic E-state index is 13.6. The van der Waals surface area contributed by atoms with E-state index in [0.717, 1.165) is 27.6 Å². The molecular weight excluding hydrogens is 649 g/mol. The van der Waals surface area contributed by atoms with E-state index in [1.807, 2.05) is 25.1 Å². The third-order valence-electron chi connectivity index (χ3n) is 6.00. The molecule has 0 aliphatic carbocycles. The second-order valence-electron chi connectivity index (χ2n) is 9.01. The van der Waals surface area contributed by atoms with Gasteiger partial charge < -0.3 is 9.47 Å². The molecule has 4 aromatic rings. The molecule has 0 saturated heterocycles. The molecular formula is C30H26BrClFN3O5S. The zero-order valence-electron chi connectivity index (χ0n) is 22.6. The van der Waals surface area contributed by atoms with Crippen molar-refractivity contribution in [2.75, 3.05) is 18.0 Å². The summed E-state index contributed by atoms with van der Waals surface area (Å²) in [7, 11) is -2.66. The molecule has 0 aromatic heterocycles. The standard InChI is InChI=1S/C30H26BrClFN3O5S/c1-20-7-13-25(14-8-20)42(38,39)36(24-11-9-23(33)10-12-24)18-29(37)35-34-17-21-15-26(31)30(28(16-21)40-2)41-19-22-5-3-4-6-27(22)32/h3-17H,18-19H2,1-2H3,(H,35,37). The summed E-state index contributed by atoms with van der Waals surface area (Å²) in [4.78, 5) is 12.8. The van der Waals surface area contributed by atoms with Crippen molar-refractivity contribution in [3.63, 3.8) is 0 Å². The number of rotatable bonds is 11. The number of aryl methyl sites for hydroxylation is 1. The summed E-state index contributed by atoms with van der Waals surface area (Å²) in [5.41, 5.74) is 4.71. The fourth-order valence-electron chi connectivity index (χ4n) is 3.82. The Kier molecular flexibility index (Phi) is 10.2. The highest BCUT2D eigenvalue weighted by Crippen LogP contribution is 2.37. The van der Waals surface area contributed by atoms with Crippen LogP contribution in [0.1, 0.15) is 16.7 Å². The Balaban J connectivity index is 1.49. The number of ether oxygens (including phenoxy) is 2. The Hall–Kier alpha value is -3.93. The lowest BCUT2D eigenvalue weighted by Gasteiger charge is -2.23. The number of anilines is 1. The van der Waals surface area contributed by atoms with Gasteiger partial charge in [0.2, 0.25) is 0 Å². The van der Waals surface area contributed by atoms with Crippen LogP contribution in [0.3, 0.4) is 0 Å². The molecule has 0 heterocycles. The third-order valence-corrected chi connectivity index (χ3v) is 8.74. The number of hydrogen-bond acceptors (Lipinski definition) is 6. The van der Waals surface area contributed by atoms with Crippen molar-refractivity contribution in [3.8, 4) is 11.5 Å². The zero-order chi connectivity index (χ0) is 30.3. The SMILES string of the molecule is COc1cc(C=NNC(=O)CN(c2ccc(F)cc2)S(=O)(=O)c2ccc(C)cc2)cc(Br)c1OCc1ccccc1Cl. The van der Waals surface area contributed by atoms with Crippen molar-refractivity contribution >= 4 is 55.4 Å². The molecule has 42 heavy (non-hydrogen) atoms. The molecule has 218 valence electrons. The van der Waals surface area contributed by atoms with Crippen molar-refractivity contribution in [1.82, 2.24) is 5.43 Å². The number of carbonyl (C=O) groups is 1. The molecule has 4 rings (SSSR count). The summed E-state index contributed by atoms with van der Waals surface area (Å²) < 4.78 is 53.3. The molecule has 0 saturated carbocycles. The molecule has 0 bridgehead atoms. The Morgan fingerprint density at radius 3 is 2.43 bits per heavy atom. The quantitative estimate of drug-likeness (QED) is 0.145. The molecule has 1 amide bonds. The first-order valence-electron chi connectivity index (χ1n) is 12.5. The summed E-state index contributed by atoms with van der Waals surface area (Å²) in [6, 6.07) is 21.7. The highest BCUT2D eigenvalue weighted by molar-refractivity contribution is 9.10. The molecule has 4 aromatic carbocycles. The average Bonchev–Trinajstić information content (AvgIpc) is 2.96. The predicted octanol–water partition coefficient (Wildman–Crippen LogP) is 6.48. The number of methoxy groups -OCH3 is 1. The van der Waals surface area contributed by atoms with E-state index in [1.54, 1.807) is 30.3 Å². The number of halogens is 3. The maximum absolute atomic E-state index is 13.6. The predicted molar refractivity (Wildman–Crippen MR) is 164 cm³/mol. The van der Waals surface area contributed by atoms with Gasteiger partial charge in [0.05, 0.1) is 28.4 Å². The number of hydrogen-bond donors (Lipinski definition) is 1. The number of nitrogens with one attached hydrogen (secondary N) is 1. The second-order valence-corrected chi connectivity index (χ2v) is 12.1. The lowest BCUT2D eigenvalue weighted by Crippen LogP contribution is -2.39. The van der Waals surface area contributed by atoms with Crippen molar-refractivity contribution in [2.24, 2.45) is 5.10 Å². The number of amides is 1. The molecule has 0 aliphatic rings. The van der Waals surface area contributed by atoms with Gasteiger partial charge in [0.25, 0.3) is 15.9 Å².